The number of hydrogen-bond acceptors (Lipinski definition) is 3. The third-order valence-electron chi connectivity index (χ3n) is 6.72. The number of nitrogens with zero attached hydrogens (tertiary/aromatic N) is 1. The second-order valence-corrected chi connectivity index (χ2v) is 10.2. The van der Waals surface area contributed by atoms with E-state index in [9.17, 15) is 14.0 Å². The Morgan fingerprint density at radius 1 is 1.03 bits per heavy atom. The summed E-state index contributed by atoms with van der Waals surface area (Å²) in [6.07, 6.45) is 3.10. The maximum atomic E-state index is 14.5. The minimum Gasteiger partial charge on any atom is -0.444 e. The number of rotatable bonds is 5. The molecule has 5 heteroatoms. The lowest BCUT2D eigenvalue weighted by Gasteiger charge is -2.37. The monoisotopic (exact) mass is 461 g/mol. The van der Waals surface area contributed by atoms with Crippen LogP contribution in [0, 0.1) is 5.82 Å². The van der Waals surface area contributed by atoms with E-state index in [1.165, 1.54) is 11.6 Å². The molecule has 0 saturated heterocycles. The zero-order valence-corrected chi connectivity index (χ0v) is 20.3. The van der Waals surface area contributed by atoms with Gasteiger partial charge in [-0.05, 0) is 75.5 Å². The summed E-state index contributed by atoms with van der Waals surface area (Å²) in [6, 6.07) is 18.0. The van der Waals surface area contributed by atoms with E-state index in [0.29, 0.717) is 16.9 Å². The van der Waals surface area contributed by atoms with Crippen molar-refractivity contribution in [2.24, 2.45) is 0 Å². The van der Waals surface area contributed by atoms with Gasteiger partial charge in [-0.3, -0.25) is 9.69 Å². The fraction of sp³-hybridized carbons (Fsp3) is 0.379. The number of benzene rings is 3. The second-order valence-electron chi connectivity index (χ2n) is 10.2. The van der Waals surface area contributed by atoms with Crippen LogP contribution in [-0.4, -0.2) is 28.9 Å². The van der Waals surface area contributed by atoms with E-state index < -0.39 is 5.60 Å². The molecule has 3 atom stereocenters. The van der Waals surface area contributed by atoms with E-state index in [0.717, 1.165) is 36.5 Å². The van der Waals surface area contributed by atoms with Crippen LogP contribution in [0.2, 0.25) is 0 Å². The van der Waals surface area contributed by atoms with Crippen LogP contribution in [0.25, 0.3) is 10.8 Å². The molecule has 0 N–H and O–H groups in total. The molecular formula is C29H32FNO3. The van der Waals surface area contributed by atoms with Gasteiger partial charge < -0.3 is 4.74 Å². The van der Waals surface area contributed by atoms with Gasteiger partial charge >= 0.3 is 6.09 Å². The highest BCUT2D eigenvalue weighted by atomic mass is 19.1. The summed E-state index contributed by atoms with van der Waals surface area (Å²) in [5, 5.41) is 1.36. The van der Waals surface area contributed by atoms with E-state index in [1.807, 2.05) is 75.1 Å². The van der Waals surface area contributed by atoms with Crippen molar-refractivity contribution >= 4 is 23.2 Å². The first-order valence-corrected chi connectivity index (χ1v) is 11.9. The van der Waals surface area contributed by atoms with Crippen LogP contribution in [0.5, 0.6) is 0 Å². The van der Waals surface area contributed by atoms with Crippen LogP contribution in [0.1, 0.15) is 80.4 Å². The van der Waals surface area contributed by atoms with Crippen molar-refractivity contribution in [2.45, 2.75) is 70.6 Å². The molecule has 4 rings (SSSR count). The van der Waals surface area contributed by atoms with Gasteiger partial charge in [0.05, 0.1) is 6.04 Å². The van der Waals surface area contributed by atoms with Crippen molar-refractivity contribution in [1.82, 2.24) is 4.90 Å². The molecular weight excluding hydrogens is 429 g/mol. The molecule has 3 aromatic carbocycles. The first-order chi connectivity index (χ1) is 16.2. The average molecular weight is 462 g/mol. The quantitative estimate of drug-likeness (QED) is 0.371. The van der Waals surface area contributed by atoms with Crippen molar-refractivity contribution in [1.29, 1.82) is 0 Å². The molecule has 178 valence electrons. The summed E-state index contributed by atoms with van der Waals surface area (Å²) in [5.74, 6) is 0.0304. The maximum absolute atomic E-state index is 14.5. The van der Waals surface area contributed by atoms with Crippen LogP contribution in [0.4, 0.5) is 9.18 Å². The highest BCUT2D eigenvalue weighted by Crippen LogP contribution is 2.41. The first kappa shape index (κ1) is 23.9. The van der Waals surface area contributed by atoms with Crippen molar-refractivity contribution in [3.05, 3.63) is 83.2 Å². The van der Waals surface area contributed by atoms with Crippen LogP contribution in [0.3, 0.4) is 0 Å². The second kappa shape index (κ2) is 9.57. The normalized spacial score (nSPS) is 19.1. The molecule has 1 amide bonds. The summed E-state index contributed by atoms with van der Waals surface area (Å²) in [6.45, 7) is 7.60. The van der Waals surface area contributed by atoms with Crippen molar-refractivity contribution in [3.63, 3.8) is 0 Å². The van der Waals surface area contributed by atoms with Gasteiger partial charge in [-0.2, -0.15) is 0 Å². The fourth-order valence-corrected chi connectivity index (χ4v) is 5.10. The van der Waals surface area contributed by atoms with Crippen molar-refractivity contribution in [2.75, 3.05) is 0 Å². The predicted molar refractivity (Wildman–Crippen MR) is 133 cm³/mol. The van der Waals surface area contributed by atoms with E-state index in [2.05, 4.69) is 0 Å². The maximum Gasteiger partial charge on any atom is 0.411 e. The number of carbonyl (C=O) groups excluding carboxylic acids is 2. The Morgan fingerprint density at radius 3 is 2.35 bits per heavy atom. The molecule has 1 aliphatic rings. The smallest absolute Gasteiger partial charge is 0.411 e. The van der Waals surface area contributed by atoms with Gasteiger partial charge in [-0.1, -0.05) is 54.6 Å². The Kier molecular flexibility index (Phi) is 6.74. The van der Waals surface area contributed by atoms with E-state index >= 15 is 0 Å². The Labute approximate surface area is 200 Å². The minimum atomic E-state index is -0.622. The molecule has 34 heavy (non-hydrogen) atoms. The summed E-state index contributed by atoms with van der Waals surface area (Å²) >= 11 is 0. The van der Waals surface area contributed by atoms with Gasteiger partial charge in [0.2, 0.25) is 0 Å². The van der Waals surface area contributed by atoms with Gasteiger partial charge in [0.1, 0.15) is 17.7 Å². The minimum absolute atomic E-state index is 0.00980. The SMILES string of the molecule is C[C@H](c1ccc(F)c2ccccc12)N(C(=O)OC(C)(C)C)C1CC[C@@H](c2ccc(C=O)cc2)C1. The molecule has 0 radical (unpaired) electrons. The first-order valence-electron chi connectivity index (χ1n) is 11.9. The van der Waals surface area contributed by atoms with Crippen molar-refractivity contribution in [3.8, 4) is 0 Å². The highest BCUT2D eigenvalue weighted by Gasteiger charge is 2.38. The van der Waals surface area contributed by atoms with E-state index in [4.69, 9.17) is 4.74 Å². The Hall–Kier alpha value is -3.21. The van der Waals surface area contributed by atoms with Gasteiger partial charge in [-0.15, -0.1) is 0 Å². The topological polar surface area (TPSA) is 46.6 Å². The lowest BCUT2D eigenvalue weighted by Crippen LogP contribution is -2.44. The van der Waals surface area contributed by atoms with E-state index in [1.54, 1.807) is 12.1 Å². The molecule has 0 spiro atoms. The molecule has 0 heterocycles. The van der Waals surface area contributed by atoms with Gasteiger partial charge in [-0.25, -0.2) is 9.18 Å². The number of ether oxygens (including phenoxy) is 1. The van der Waals surface area contributed by atoms with Crippen LogP contribution in [-0.2, 0) is 4.74 Å². The number of fused-ring (bicyclic) bond motifs is 1. The molecule has 0 aromatic heterocycles. The molecule has 1 fully saturated rings. The number of hydrogen-bond donors (Lipinski definition) is 0. The van der Waals surface area contributed by atoms with Crippen LogP contribution >= 0.6 is 0 Å². The summed E-state index contributed by atoms with van der Waals surface area (Å²) in [7, 11) is 0. The molecule has 0 bridgehead atoms. The number of halogens is 1. The summed E-state index contributed by atoms with van der Waals surface area (Å²) in [5.41, 5.74) is 2.12. The highest BCUT2D eigenvalue weighted by molar-refractivity contribution is 5.87. The van der Waals surface area contributed by atoms with Gasteiger partial charge in [0.25, 0.3) is 0 Å². The number of carbonyl (C=O) groups is 2. The number of amides is 1. The summed E-state index contributed by atoms with van der Waals surface area (Å²) < 4.78 is 20.3. The van der Waals surface area contributed by atoms with Crippen molar-refractivity contribution < 1.29 is 18.7 Å². The molecule has 1 unspecified atom stereocenters. The Morgan fingerprint density at radius 2 is 1.71 bits per heavy atom. The van der Waals surface area contributed by atoms with Crippen LogP contribution < -0.4 is 0 Å². The zero-order chi connectivity index (χ0) is 24.5. The molecule has 1 aliphatic carbocycles. The number of aldehydes is 1. The van der Waals surface area contributed by atoms with Gasteiger partial charge in [0.15, 0.2) is 0 Å². The summed E-state index contributed by atoms with van der Waals surface area (Å²) in [4.78, 5) is 26.3. The Bertz CT molecular complexity index is 1180. The molecule has 0 aliphatic heterocycles. The molecule has 3 aromatic rings. The zero-order valence-electron chi connectivity index (χ0n) is 20.3. The third kappa shape index (κ3) is 4.98. The lowest BCUT2D eigenvalue weighted by molar-refractivity contribution is 0.00693. The van der Waals surface area contributed by atoms with Gasteiger partial charge in [0, 0.05) is 17.0 Å². The van der Waals surface area contributed by atoms with E-state index in [-0.39, 0.29) is 24.0 Å². The average Bonchev–Trinajstić information content (AvgIpc) is 3.28. The largest absolute Gasteiger partial charge is 0.444 e. The Balaban J connectivity index is 1.67. The fourth-order valence-electron chi connectivity index (χ4n) is 5.10. The molecule has 1 saturated carbocycles. The standard InChI is InChI=1S/C29H32FNO3/c1-19(24-15-16-27(30)26-8-6-5-7-25(24)26)31(28(33)34-29(2,3)4)23-14-13-22(17-23)21-11-9-20(18-32)10-12-21/h5-12,15-16,18-19,22-23H,13-14,17H2,1-4H3/t19-,22-,23?/m1/s1. The lowest BCUT2D eigenvalue weighted by atomic mass is 9.95. The van der Waals surface area contributed by atoms with Crippen LogP contribution in [0.15, 0.2) is 60.7 Å². The third-order valence-corrected chi connectivity index (χ3v) is 6.72. The molecule has 4 nitrogen and oxygen atoms in total. The predicted octanol–water partition coefficient (Wildman–Crippen LogP) is 7.43.